The molecule has 1 saturated carbocycles. The molecule has 1 aromatic rings. The number of amides is 2. The predicted molar refractivity (Wildman–Crippen MR) is 75.7 cm³/mol. The Hall–Kier alpha value is -2.13. The molecule has 1 aliphatic carbocycles. The van der Waals surface area contributed by atoms with Gasteiger partial charge in [0, 0.05) is 11.6 Å². The van der Waals surface area contributed by atoms with E-state index in [0.29, 0.717) is 0 Å². The van der Waals surface area contributed by atoms with Gasteiger partial charge >= 0.3 is 0 Å². The van der Waals surface area contributed by atoms with Crippen molar-refractivity contribution < 1.29 is 18.0 Å². The minimum Gasteiger partial charge on any atom is -0.398 e. The van der Waals surface area contributed by atoms with E-state index in [2.05, 4.69) is 10.0 Å². The van der Waals surface area contributed by atoms with Crippen molar-refractivity contribution in [2.24, 2.45) is 5.73 Å². The second-order valence-electron chi connectivity index (χ2n) is 4.78. The van der Waals surface area contributed by atoms with Crippen LogP contribution in [0.25, 0.3) is 0 Å². The summed E-state index contributed by atoms with van der Waals surface area (Å²) in [4.78, 5) is 22.3. The molecule has 0 saturated heterocycles. The lowest BCUT2D eigenvalue weighted by Crippen LogP contribution is -2.38. The summed E-state index contributed by atoms with van der Waals surface area (Å²) in [5.74, 6) is -1.10. The first-order chi connectivity index (χ1) is 9.79. The van der Waals surface area contributed by atoms with Crippen LogP contribution < -0.4 is 21.5 Å². The molecule has 0 radical (unpaired) electrons. The number of nitrogen functional groups attached to an aromatic ring is 1. The number of benzene rings is 1. The van der Waals surface area contributed by atoms with Crippen LogP contribution in [0, 0.1) is 0 Å². The van der Waals surface area contributed by atoms with Crippen molar-refractivity contribution in [2.75, 3.05) is 12.3 Å². The van der Waals surface area contributed by atoms with Crippen molar-refractivity contribution >= 4 is 27.5 Å². The van der Waals surface area contributed by atoms with Crippen molar-refractivity contribution in [3.05, 3.63) is 23.8 Å². The number of carbonyl (C=O) groups excluding carboxylic acids is 2. The highest BCUT2D eigenvalue weighted by Gasteiger charge is 2.24. The van der Waals surface area contributed by atoms with Crippen molar-refractivity contribution in [2.45, 2.75) is 23.8 Å². The molecular weight excluding hydrogens is 296 g/mol. The van der Waals surface area contributed by atoms with Crippen molar-refractivity contribution in [1.29, 1.82) is 0 Å². The summed E-state index contributed by atoms with van der Waals surface area (Å²) < 4.78 is 26.3. The van der Waals surface area contributed by atoms with E-state index in [9.17, 15) is 18.0 Å². The standard InChI is InChI=1S/C12H16N4O4S/c13-9-5-7(12(14)18)1-4-10(9)21(19,20)15-6-11(17)16-8-2-3-8/h1,4-5,8,15H,2-3,6,13H2,(H2,14,18)(H,16,17). The van der Waals surface area contributed by atoms with E-state index in [0.717, 1.165) is 12.8 Å². The average molecular weight is 312 g/mol. The van der Waals surface area contributed by atoms with Crippen molar-refractivity contribution in [3.63, 3.8) is 0 Å². The van der Waals surface area contributed by atoms with Crippen LogP contribution in [0.4, 0.5) is 5.69 Å². The highest BCUT2D eigenvalue weighted by molar-refractivity contribution is 7.89. The van der Waals surface area contributed by atoms with Crippen LogP contribution in [0.1, 0.15) is 23.2 Å². The molecule has 0 spiro atoms. The van der Waals surface area contributed by atoms with Gasteiger partial charge in [-0.2, -0.15) is 0 Å². The first-order valence-corrected chi connectivity index (χ1v) is 7.76. The molecule has 1 fully saturated rings. The van der Waals surface area contributed by atoms with E-state index in [1.54, 1.807) is 0 Å². The molecule has 2 rings (SSSR count). The molecule has 2 amide bonds. The molecule has 1 aromatic carbocycles. The maximum atomic E-state index is 12.1. The lowest BCUT2D eigenvalue weighted by molar-refractivity contribution is -0.120. The quantitative estimate of drug-likeness (QED) is 0.494. The summed E-state index contributed by atoms with van der Waals surface area (Å²) in [6.07, 6.45) is 1.83. The van der Waals surface area contributed by atoms with E-state index >= 15 is 0 Å². The highest BCUT2D eigenvalue weighted by atomic mass is 32.2. The monoisotopic (exact) mass is 312 g/mol. The molecular formula is C12H16N4O4S. The Labute approximate surface area is 121 Å². The van der Waals surface area contributed by atoms with Gasteiger partial charge in [0.1, 0.15) is 4.90 Å². The lowest BCUT2D eigenvalue weighted by Gasteiger charge is -2.10. The predicted octanol–water partition coefficient (Wildman–Crippen LogP) is -1.08. The number of hydrogen-bond acceptors (Lipinski definition) is 5. The molecule has 21 heavy (non-hydrogen) atoms. The van der Waals surface area contributed by atoms with Crippen LogP contribution in [0.15, 0.2) is 23.1 Å². The highest BCUT2D eigenvalue weighted by Crippen LogP contribution is 2.20. The average Bonchev–Trinajstić information content (AvgIpc) is 3.20. The largest absolute Gasteiger partial charge is 0.398 e. The first kappa shape index (κ1) is 15.3. The van der Waals surface area contributed by atoms with E-state index in [4.69, 9.17) is 11.5 Å². The Balaban J connectivity index is 2.07. The Morgan fingerprint density at radius 2 is 1.95 bits per heavy atom. The fraction of sp³-hybridized carbons (Fsp3) is 0.333. The number of carbonyl (C=O) groups is 2. The van der Waals surface area contributed by atoms with Gasteiger partial charge in [-0.1, -0.05) is 0 Å². The van der Waals surface area contributed by atoms with Gasteiger partial charge in [0.05, 0.1) is 12.2 Å². The van der Waals surface area contributed by atoms with Gasteiger partial charge in [-0.05, 0) is 31.0 Å². The normalized spacial score (nSPS) is 14.7. The minimum atomic E-state index is -3.93. The summed E-state index contributed by atoms with van der Waals surface area (Å²) >= 11 is 0. The van der Waals surface area contributed by atoms with Gasteiger partial charge in [-0.15, -0.1) is 0 Å². The molecule has 8 nitrogen and oxygen atoms in total. The van der Waals surface area contributed by atoms with Crippen LogP contribution >= 0.6 is 0 Å². The van der Waals surface area contributed by atoms with Gasteiger partial charge < -0.3 is 16.8 Å². The summed E-state index contributed by atoms with van der Waals surface area (Å²) in [6.45, 7) is -0.365. The smallest absolute Gasteiger partial charge is 0.248 e. The minimum absolute atomic E-state index is 0.109. The second kappa shape index (κ2) is 5.70. The third kappa shape index (κ3) is 3.92. The van der Waals surface area contributed by atoms with E-state index in [-0.39, 0.29) is 28.7 Å². The summed E-state index contributed by atoms with van der Waals surface area (Å²) in [6, 6.07) is 3.77. The van der Waals surface area contributed by atoms with Crippen molar-refractivity contribution in [1.82, 2.24) is 10.0 Å². The van der Waals surface area contributed by atoms with Gasteiger partial charge in [0.15, 0.2) is 0 Å². The third-order valence-corrected chi connectivity index (χ3v) is 4.42. The Kier molecular flexibility index (Phi) is 4.14. The van der Waals surface area contributed by atoms with Crippen LogP contribution in [0.5, 0.6) is 0 Å². The zero-order valence-electron chi connectivity index (χ0n) is 11.1. The fourth-order valence-electron chi connectivity index (χ4n) is 1.69. The summed E-state index contributed by atoms with van der Waals surface area (Å²) in [5.41, 5.74) is 10.7. The second-order valence-corrected chi connectivity index (χ2v) is 6.52. The number of primary amides is 1. The van der Waals surface area contributed by atoms with Crippen LogP contribution in [0.3, 0.4) is 0 Å². The molecule has 6 N–H and O–H groups in total. The number of rotatable bonds is 6. The van der Waals surface area contributed by atoms with E-state index in [1.807, 2.05) is 0 Å². The molecule has 0 atom stereocenters. The molecule has 114 valence electrons. The lowest BCUT2D eigenvalue weighted by atomic mass is 10.2. The van der Waals surface area contributed by atoms with Gasteiger partial charge in [0.25, 0.3) is 0 Å². The maximum absolute atomic E-state index is 12.1. The first-order valence-electron chi connectivity index (χ1n) is 6.28. The number of hydrogen-bond donors (Lipinski definition) is 4. The van der Waals surface area contributed by atoms with Crippen LogP contribution in [-0.2, 0) is 14.8 Å². The summed E-state index contributed by atoms with van der Waals surface area (Å²) in [7, 11) is -3.93. The third-order valence-electron chi connectivity index (χ3n) is 2.95. The zero-order valence-corrected chi connectivity index (χ0v) is 11.9. The van der Waals surface area contributed by atoms with Gasteiger partial charge in [0.2, 0.25) is 21.8 Å². The topological polar surface area (TPSA) is 144 Å². The van der Waals surface area contributed by atoms with E-state index < -0.39 is 21.8 Å². The number of nitrogens with one attached hydrogen (secondary N) is 2. The molecule has 1 aliphatic rings. The van der Waals surface area contributed by atoms with Crippen molar-refractivity contribution in [3.8, 4) is 0 Å². The molecule has 0 unspecified atom stereocenters. The molecule has 0 heterocycles. The molecule has 0 aromatic heterocycles. The fourth-order valence-corrected chi connectivity index (χ4v) is 2.78. The van der Waals surface area contributed by atoms with Crippen LogP contribution in [-0.4, -0.2) is 32.8 Å². The van der Waals surface area contributed by atoms with Gasteiger partial charge in [-0.3, -0.25) is 9.59 Å². The maximum Gasteiger partial charge on any atom is 0.248 e. The molecule has 9 heteroatoms. The Morgan fingerprint density at radius 1 is 1.29 bits per heavy atom. The SMILES string of the molecule is NC(=O)c1ccc(S(=O)(=O)NCC(=O)NC2CC2)c(N)c1. The Morgan fingerprint density at radius 3 is 2.48 bits per heavy atom. The number of sulfonamides is 1. The number of nitrogens with two attached hydrogens (primary N) is 2. The summed E-state index contributed by atoms with van der Waals surface area (Å²) in [5, 5.41) is 2.66. The molecule has 0 aliphatic heterocycles. The van der Waals surface area contributed by atoms with Gasteiger partial charge in [-0.25, -0.2) is 13.1 Å². The zero-order chi connectivity index (χ0) is 15.6. The van der Waals surface area contributed by atoms with E-state index in [1.165, 1.54) is 18.2 Å². The molecule has 0 bridgehead atoms. The van der Waals surface area contributed by atoms with Crippen LogP contribution in [0.2, 0.25) is 0 Å². The number of anilines is 1. The Bertz CT molecular complexity index is 682.